The Morgan fingerprint density at radius 1 is 0.889 bits per heavy atom. The van der Waals surface area contributed by atoms with Crippen LogP contribution in [0.3, 0.4) is 0 Å². The molecule has 0 bridgehead atoms. The summed E-state index contributed by atoms with van der Waals surface area (Å²) in [5, 5.41) is 7.45. The second-order valence-corrected chi connectivity index (χ2v) is 4.15. The van der Waals surface area contributed by atoms with Crippen molar-refractivity contribution >= 4 is 17.7 Å². The van der Waals surface area contributed by atoms with E-state index in [0.29, 0.717) is 13.1 Å². The Morgan fingerprint density at radius 2 is 1.39 bits per heavy atom. The van der Waals surface area contributed by atoms with Gasteiger partial charge < -0.3 is 20.9 Å². The van der Waals surface area contributed by atoms with Gasteiger partial charge >= 0.3 is 11.8 Å². The smallest absolute Gasteiger partial charge is 0.309 e. The Morgan fingerprint density at radius 3 is 1.89 bits per heavy atom. The van der Waals surface area contributed by atoms with Crippen LogP contribution < -0.4 is 16.0 Å². The van der Waals surface area contributed by atoms with E-state index in [1.165, 1.54) is 6.92 Å². The van der Waals surface area contributed by atoms with Crippen LogP contribution in [0.1, 0.15) is 13.3 Å². The zero-order valence-electron chi connectivity index (χ0n) is 11.2. The fourth-order valence-electron chi connectivity index (χ4n) is 1.17. The molecule has 0 rings (SSSR count). The van der Waals surface area contributed by atoms with Crippen molar-refractivity contribution in [3.8, 4) is 0 Å². The van der Waals surface area contributed by atoms with E-state index < -0.39 is 11.8 Å². The monoisotopic (exact) mass is 258 g/mol. The van der Waals surface area contributed by atoms with Crippen LogP contribution in [0.5, 0.6) is 0 Å². The standard InChI is InChI=1S/C11H22N4O3/c1-9(16)12-6-7-14-11(18)10(17)13-5-4-8-15(2)3/h4-8H2,1-3H3,(H,12,16)(H,13,17)(H,14,18). The highest BCUT2D eigenvalue weighted by Gasteiger charge is 2.11. The van der Waals surface area contributed by atoms with E-state index in [9.17, 15) is 14.4 Å². The summed E-state index contributed by atoms with van der Waals surface area (Å²) in [6, 6.07) is 0. The van der Waals surface area contributed by atoms with Crippen molar-refractivity contribution in [3.63, 3.8) is 0 Å². The van der Waals surface area contributed by atoms with Gasteiger partial charge in [0.05, 0.1) is 0 Å². The molecule has 3 amide bonds. The maximum atomic E-state index is 11.3. The molecule has 0 heterocycles. The average molecular weight is 258 g/mol. The summed E-state index contributed by atoms with van der Waals surface area (Å²) in [5.74, 6) is -1.49. The predicted molar refractivity (Wildman–Crippen MR) is 67.9 cm³/mol. The molecule has 0 fully saturated rings. The third kappa shape index (κ3) is 9.59. The summed E-state index contributed by atoms with van der Waals surface area (Å²) >= 11 is 0. The van der Waals surface area contributed by atoms with Crippen LogP contribution in [0.4, 0.5) is 0 Å². The lowest BCUT2D eigenvalue weighted by Gasteiger charge is -2.10. The highest BCUT2D eigenvalue weighted by Crippen LogP contribution is 1.80. The molecule has 0 saturated heterocycles. The predicted octanol–water partition coefficient (Wildman–Crippen LogP) is -1.69. The van der Waals surface area contributed by atoms with E-state index in [1.54, 1.807) is 0 Å². The van der Waals surface area contributed by atoms with E-state index in [0.717, 1.165) is 13.0 Å². The largest absolute Gasteiger partial charge is 0.355 e. The number of rotatable bonds is 7. The molecule has 18 heavy (non-hydrogen) atoms. The van der Waals surface area contributed by atoms with Crippen LogP contribution in [0.2, 0.25) is 0 Å². The molecular weight excluding hydrogens is 236 g/mol. The Kier molecular flexibility index (Phi) is 8.55. The van der Waals surface area contributed by atoms with Crippen molar-refractivity contribution in [1.29, 1.82) is 0 Å². The second-order valence-electron chi connectivity index (χ2n) is 4.15. The Hall–Kier alpha value is -1.63. The molecule has 7 heteroatoms. The molecular formula is C11H22N4O3. The lowest BCUT2D eigenvalue weighted by molar-refractivity contribution is -0.139. The van der Waals surface area contributed by atoms with Crippen molar-refractivity contribution in [2.75, 3.05) is 40.3 Å². The first-order valence-electron chi connectivity index (χ1n) is 5.88. The normalized spacial score (nSPS) is 10.0. The number of nitrogens with one attached hydrogen (secondary N) is 3. The molecule has 7 nitrogen and oxygen atoms in total. The van der Waals surface area contributed by atoms with Gasteiger partial charge in [0.15, 0.2) is 0 Å². The van der Waals surface area contributed by atoms with Crippen LogP contribution in [-0.4, -0.2) is 62.9 Å². The number of hydrogen-bond acceptors (Lipinski definition) is 4. The number of nitrogens with zero attached hydrogens (tertiary/aromatic N) is 1. The van der Waals surface area contributed by atoms with Gasteiger partial charge in [0.1, 0.15) is 0 Å². The minimum atomic E-state index is -0.676. The van der Waals surface area contributed by atoms with Crippen LogP contribution in [0.25, 0.3) is 0 Å². The van der Waals surface area contributed by atoms with Gasteiger partial charge in [0.25, 0.3) is 0 Å². The molecule has 0 aromatic carbocycles. The highest BCUT2D eigenvalue weighted by atomic mass is 16.2. The minimum Gasteiger partial charge on any atom is -0.355 e. The van der Waals surface area contributed by atoms with E-state index >= 15 is 0 Å². The zero-order chi connectivity index (χ0) is 14.0. The Bertz CT molecular complexity index is 292. The fourth-order valence-corrected chi connectivity index (χ4v) is 1.17. The van der Waals surface area contributed by atoms with Gasteiger partial charge in [-0.3, -0.25) is 14.4 Å². The van der Waals surface area contributed by atoms with Crippen molar-refractivity contribution in [3.05, 3.63) is 0 Å². The van der Waals surface area contributed by atoms with Crippen molar-refractivity contribution in [2.45, 2.75) is 13.3 Å². The van der Waals surface area contributed by atoms with Gasteiger partial charge in [-0.15, -0.1) is 0 Å². The van der Waals surface area contributed by atoms with Gasteiger partial charge in [-0.25, -0.2) is 0 Å². The van der Waals surface area contributed by atoms with Gasteiger partial charge in [-0.2, -0.15) is 0 Å². The molecule has 0 aromatic heterocycles. The quantitative estimate of drug-likeness (QED) is 0.375. The molecule has 0 aliphatic heterocycles. The Balaban J connectivity index is 3.57. The number of amides is 3. The first kappa shape index (κ1) is 16.4. The topological polar surface area (TPSA) is 90.5 Å². The van der Waals surface area contributed by atoms with E-state index in [2.05, 4.69) is 16.0 Å². The molecule has 0 unspecified atom stereocenters. The van der Waals surface area contributed by atoms with E-state index in [-0.39, 0.29) is 12.5 Å². The lowest BCUT2D eigenvalue weighted by atomic mass is 10.4. The van der Waals surface area contributed by atoms with Crippen LogP contribution in [0, 0.1) is 0 Å². The first-order valence-corrected chi connectivity index (χ1v) is 5.88. The van der Waals surface area contributed by atoms with Crippen LogP contribution in [0.15, 0.2) is 0 Å². The maximum absolute atomic E-state index is 11.3. The third-order valence-electron chi connectivity index (χ3n) is 2.06. The van der Waals surface area contributed by atoms with Crippen LogP contribution >= 0.6 is 0 Å². The van der Waals surface area contributed by atoms with E-state index in [1.807, 2.05) is 19.0 Å². The first-order chi connectivity index (χ1) is 8.43. The summed E-state index contributed by atoms with van der Waals surface area (Å²) in [4.78, 5) is 35.1. The van der Waals surface area contributed by atoms with Crippen molar-refractivity contribution in [1.82, 2.24) is 20.9 Å². The van der Waals surface area contributed by atoms with E-state index in [4.69, 9.17) is 0 Å². The average Bonchev–Trinajstić information content (AvgIpc) is 2.29. The van der Waals surface area contributed by atoms with Crippen molar-refractivity contribution < 1.29 is 14.4 Å². The number of hydrogen-bond donors (Lipinski definition) is 3. The summed E-state index contributed by atoms with van der Waals surface area (Å²) in [6.07, 6.45) is 0.790. The second kappa shape index (κ2) is 9.41. The molecule has 3 N–H and O–H groups in total. The highest BCUT2D eigenvalue weighted by molar-refractivity contribution is 6.35. The number of carbonyl (C=O) groups excluding carboxylic acids is 3. The summed E-state index contributed by atoms with van der Waals surface area (Å²) < 4.78 is 0. The summed E-state index contributed by atoms with van der Waals surface area (Å²) in [7, 11) is 3.88. The fraction of sp³-hybridized carbons (Fsp3) is 0.727. The molecule has 0 saturated carbocycles. The maximum Gasteiger partial charge on any atom is 0.309 e. The number of carbonyl (C=O) groups is 3. The van der Waals surface area contributed by atoms with Crippen LogP contribution in [-0.2, 0) is 14.4 Å². The summed E-state index contributed by atoms with van der Waals surface area (Å²) in [5.41, 5.74) is 0. The van der Waals surface area contributed by atoms with Gasteiger partial charge in [-0.05, 0) is 27.1 Å². The lowest BCUT2D eigenvalue weighted by Crippen LogP contribution is -2.43. The summed E-state index contributed by atoms with van der Waals surface area (Å²) in [6.45, 7) is 3.26. The van der Waals surface area contributed by atoms with Gasteiger partial charge in [-0.1, -0.05) is 0 Å². The zero-order valence-corrected chi connectivity index (χ0v) is 11.2. The van der Waals surface area contributed by atoms with Gasteiger partial charge in [0, 0.05) is 26.6 Å². The Labute approximate surface area is 107 Å². The molecule has 0 atom stereocenters. The van der Waals surface area contributed by atoms with Gasteiger partial charge in [0.2, 0.25) is 5.91 Å². The minimum absolute atomic E-state index is 0.169. The molecule has 0 aromatic rings. The third-order valence-corrected chi connectivity index (χ3v) is 2.06. The molecule has 0 aliphatic carbocycles. The molecule has 104 valence electrons. The molecule has 0 aliphatic rings. The van der Waals surface area contributed by atoms with Crippen molar-refractivity contribution in [2.24, 2.45) is 0 Å². The molecule has 0 radical (unpaired) electrons. The SMILES string of the molecule is CC(=O)NCCNC(=O)C(=O)NCCCN(C)C. The molecule has 0 spiro atoms.